The third-order valence-electron chi connectivity index (χ3n) is 2.56. The Labute approximate surface area is 107 Å². The molecule has 0 bridgehead atoms. The average Bonchev–Trinajstić information content (AvgIpc) is 2.72. The van der Waals surface area contributed by atoms with Crippen molar-refractivity contribution < 1.29 is 0 Å². The average molecular weight is 252 g/mol. The molecule has 17 heavy (non-hydrogen) atoms. The van der Waals surface area contributed by atoms with Crippen LogP contribution in [-0.4, -0.2) is 27.6 Å². The monoisotopic (exact) mass is 252 g/mol. The zero-order chi connectivity index (χ0) is 12.7. The first-order valence-corrected chi connectivity index (χ1v) is 6.86. The Kier molecular flexibility index (Phi) is 5.52. The van der Waals surface area contributed by atoms with Gasteiger partial charge in [-0.05, 0) is 26.3 Å². The standard InChI is InChI=1S/C12H20N4S/c1-4-6-14-12(2,10-13)5-7-17-11-8-15-16(3)9-11/h8-9,14H,4-7H2,1-3H3. The van der Waals surface area contributed by atoms with E-state index in [1.807, 2.05) is 26.4 Å². The van der Waals surface area contributed by atoms with E-state index in [-0.39, 0.29) is 0 Å². The molecule has 1 aromatic heterocycles. The van der Waals surface area contributed by atoms with Crippen molar-refractivity contribution in [2.24, 2.45) is 7.05 Å². The maximum Gasteiger partial charge on any atom is 0.104 e. The Morgan fingerprint density at radius 3 is 2.94 bits per heavy atom. The number of rotatable bonds is 7. The largest absolute Gasteiger partial charge is 0.300 e. The van der Waals surface area contributed by atoms with E-state index in [0.29, 0.717) is 0 Å². The van der Waals surface area contributed by atoms with Crippen LogP contribution >= 0.6 is 11.8 Å². The van der Waals surface area contributed by atoms with Crippen molar-refractivity contribution in [2.75, 3.05) is 12.3 Å². The fraction of sp³-hybridized carbons (Fsp3) is 0.667. The maximum absolute atomic E-state index is 9.18. The fourth-order valence-corrected chi connectivity index (χ4v) is 2.53. The molecule has 0 saturated carbocycles. The first-order chi connectivity index (χ1) is 8.09. The highest BCUT2D eigenvalue weighted by Gasteiger charge is 2.21. The van der Waals surface area contributed by atoms with E-state index in [9.17, 15) is 5.26 Å². The van der Waals surface area contributed by atoms with E-state index >= 15 is 0 Å². The molecule has 1 aromatic rings. The highest BCUT2D eigenvalue weighted by atomic mass is 32.2. The van der Waals surface area contributed by atoms with Gasteiger partial charge in [0.1, 0.15) is 5.54 Å². The number of hydrogen-bond donors (Lipinski definition) is 1. The highest BCUT2D eigenvalue weighted by Crippen LogP contribution is 2.20. The summed E-state index contributed by atoms with van der Waals surface area (Å²) in [6.45, 7) is 4.96. The fourth-order valence-electron chi connectivity index (χ4n) is 1.43. The lowest BCUT2D eigenvalue weighted by atomic mass is 10.0. The van der Waals surface area contributed by atoms with Crippen LogP contribution in [0.15, 0.2) is 17.3 Å². The van der Waals surface area contributed by atoms with Crippen LogP contribution in [0.3, 0.4) is 0 Å². The topological polar surface area (TPSA) is 53.6 Å². The Hall–Kier alpha value is -0.990. The van der Waals surface area contributed by atoms with Crippen molar-refractivity contribution in [1.29, 1.82) is 5.26 Å². The van der Waals surface area contributed by atoms with Crippen LogP contribution in [0.5, 0.6) is 0 Å². The summed E-state index contributed by atoms with van der Waals surface area (Å²) in [5.41, 5.74) is -0.411. The molecule has 94 valence electrons. The van der Waals surface area contributed by atoms with E-state index in [1.54, 1.807) is 16.4 Å². The summed E-state index contributed by atoms with van der Waals surface area (Å²) in [7, 11) is 1.91. The lowest BCUT2D eigenvalue weighted by molar-refractivity contribution is 0.437. The lowest BCUT2D eigenvalue weighted by Gasteiger charge is -2.22. The minimum Gasteiger partial charge on any atom is -0.300 e. The minimum absolute atomic E-state index is 0.411. The molecule has 1 N–H and O–H groups in total. The van der Waals surface area contributed by atoms with Gasteiger partial charge in [0, 0.05) is 23.9 Å². The van der Waals surface area contributed by atoms with Crippen molar-refractivity contribution >= 4 is 11.8 Å². The van der Waals surface area contributed by atoms with Gasteiger partial charge < -0.3 is 0 Å². The summed E-state index contributed by atoms with van der Waals surface area (Å²) in [5.74, 6) is 0.923. The van der Waals surface area contributed by atoms with Gasteiger partial charge in [-0.1, -0.05) is 6.92 Å². The van der Waals surface area contributed by atoms with Crippen LogP contribution in [0.2, 0.25) is 0 Å². The normalized spacial score (nSPS) is 14.2. The number of thioether (sulfide) groups is 1. The van der Waals surface area contributed by atoms with Crippen molar-refractivity contribution in [3.05, 3.63) is 12.4 Å². The van der Waals surface area contributed by atoms with Gasteiger partial charge in [0.05, 0.1) is 12.3 Å². The van der Waals surface area contributed by atoms with Gasteiger partial charge in [-0.25, -0.2) is 0 Å². The van der Waals surface area contributed by atoms with E-state index in [1.165, 1.54) is 0 Å². The van der Waals surface area contributed by atoms with Gasteiger partial charge in [0.15, 0.2) is 0 Å². The summed E-state index contributed by atoms with van der Waals surface area (Å²) in [5, 5.41) is 16.6. The Bertz CT molecular complexity index is 382. The van der Waals surface area contributed by atoms with Crippen molar-refractivity contribution in [2.45, 2.75) is 37.1 Å². The summed E-state index contributed by atoms with van der Waals surface area (Å²) in [6, 6.07) is 2.36. The molecule has 0 aromatic carbocycles. The second kappa shape index (κ2) is 6.67. The molecule has 0 aliphatic rings. The number of hydrogen-bond acceptors (Lipinski definition) is 4. The number of aromatic nitrogens is 2. The second-order valence-corrected chi connectivity index (χ2v) is 5.49. The van der Waals surface area contributed by atoms with Crippen LogP contribution in [0, 0.1) is 11.3 Å². The van der Waals surface area contributed by atoms with Gasteiger partial charge in [-0.2, -0.15) is 10.4 Å². The van der Waals surface area contributed by atoms with Crippen LogP contribution in [-0.2, 0) is 7.05 Å². The molecule has 0 aliphatic carbocycles. The third-order valence-corrected chi connectivity index (χ3v) is 3.52. The summed E-state index contributed by atoms with van der Waals surface area (Å²) >= 11 is 1.74. The number of nitriles is 1. The minimum atomic E-state index is -0.411. The second-order valence-electron chi connectivity index (χ2n) is 4.32. The molecule has 0 aliphatic heterocycles. The van der Waals surface area contributed by atoms with Gasteiger partial charge in [-0.15, -0.1) is 11.8 Å². The molecule has 5 heteroatoms. The summed E-state index contributed by atoms with van der Waals surface area (Å²) in [4.78, 5) is 1.16. The number of nitrogens with one attached hydrogen (secondary N) is 1. The SMILES string of the molecule is CCCNC(C)(C#N)CCSc1cnn(C)c1. The van der Waals surface area contributed by atoms with Crippen LogP contribution in [0.1, 0.15) is 26.7 Å². The molecular formula is C12H20N4S. The van der Waals surface area contributed by atoms with E-state index in [0.717, 1.165) is 30.0 Å². The summed E-state index contributed by atoms with van der Waals surface area (Å²) in [6.07, 6.45) is 5.73. The van der Waals surface area contributed by atoms with E-state index < -0.39 is 5.54 Å². The zero-order valence-corrected chi connectivity index (χ0v) is 11.5. The van der Waals surface area contributed by atoms with Gasteiger partial charge in [-0.3, -0.25) is 10.00 Å². The summed E-state index contributed by atoms with van der Waals surface area (Å²) < 4.78 is 1.79. The molecule has 1 heterocycles. The van der Waals surface area contributed by atoms with Crippen molar-refractivity contribution in [1.82, 2.24) is 15.1 Å². The Balaban J connectivity index is 2.35. The van der Waals surface area contributed by atoms with Gasteiger partial charge in [0.2, 0.25) is 0 Å². The first-order valence-electron chi connectivity index (χ1n) is 5.87. The third kappa shape index (κ3) is 4.80. The van der Waals surface area contributed by atoms with Crippen molar-refractivity contribution in [3.63, 3.8) is 0 Å². The quantitative estimate of drug-likeness (QED) is 0.756. The Morgan fingerprint density at radius 1 is 1.65 bits per heavy atom. The maximum atomic E-state index is 9.18. The Morgan fingerprint density at radius 2 is 2.41 bits per heavy atom. The predicted octanol–water partition coefficient (Wildman–Crippen LogP) is 2.18. The molecule has 4 nitrogen and oxygen atoms in total. The lowest BCUT2D eigenvalue weighted by Crippen LogP contribution is -2.41. The molecule has 0 fully saturated rings. The van der Waals surface area contributed by atoms with Gasteiger partial charge in [0.25, 0.3) is 0 Å². The van der Waals surface area contributed by atoms with E-state index in [4.69, 9.17) is 0 Å². The molecule has 1 atom stereocenters. The van der Waals surface area contributed by atoms with Crippen LogP contribution < -0.4 is 5.32 Å². The molecule has 1 unspecified atom stereocenters. The number of nitrogens with zero attached hydrogens (tertiary/aromatic N) is 3. The van der Waals surface area contributed by atoms with Gasteiger partial charge >= 0.3 is 0 Å². The van der Waals surface area contributed by atoms with Crippen LogP contribution in [0.25, 0.3) is 0 Å². The molecular weight excluding hydrogens is 232 g/mol. The molecule has 0 spiro atoms. The van der Waals surface area contributed by atoms with Crippen molar-refractivity contribution in [3.8, 4) is 6.07 Å². The highest BCUT2D eigenvalue weighted by molar-refractivity contribution is 7.99. The number of aryl methyl sites for hydroxylation is 1. The zero-order valence-electron chi connectivity index (χ0n) is 10.7. The predicted molar refractivity (Wildman–Crippen MR) is 70.9 cm³/mol. The molecule has 0 radical (unpaired) electrons. The van der Waals surface area contributed by atoms with Crippen LogP contribution in [0.4, 0.5) is 0 Å². The molecule has 0 amide bonds. The smallest absolute Gasteiger partial charge is 0.104 e. The van der Waals surface area contributed by atoms with E-state index in [2.05, 4.69) is 23.4 Å². The molecule has 1 rings (SSSR count). The first kappa shape index (κ1) is 14.1. The molecule has 0 saturated heterocycles.